The van der Waals surface area contributed by atoms with Gasteiger partial charge in [0.05, 0.1) is 12.9 Å². The van der Waals surface area contributed by atoms with E-state index in [1.165, 1.54) is 0 Å². The van der Waals surface area contributed by atoms with Gasteiger partial charge in [0.25, 0.3) is 0 Å². The highest BCUT2D eigenvalue weighted by Gasteiger charge is 2.16. The van der Waals surface area contributed by atoms with Crippen LogP contribution in [0, 0.1) is 6.92 Å². The molecule has 1 aromatic carbocycles. The minimum absolute atomic E-state index is 0.109. The monoisotopic (exact) mass is 299 g/mol. The van der Waals surface area contributed by atoms with E-state index in [-0.39, 0.29) is 17.5 Å². The molecule has 0 bridgehead atoms. The Bertz CT molecular complexity index is 526. The number of aryl methyl sites for hydroxylation is 1. The lowest BCUT2D eigenvalue weighted by Crippen LogP contribution is -2.19. The van der Waals surface area contributed by atoms with Crippen LogP contribution in [0.2, 0.25) is 0 Å². The zero-order valence-electron chi connectivity index (χ0n) is 12.8. The molecule has 1 atom stereocenters. The van der Waals surface area contributed by atoms with Crippen molar-refractivity contribution in [3.05, 3.63) is 29.3 Å². The Hall–Kier alpha value is -1.07. The third kappa shape index (κ3) is 4.80. The Morgan fingerprint density at radius 3 is 2.60 bits per heavy atom. The molecule has 1 unspecified atom stereocenters. The Balaban J connectivity index is 2.76. The van der Waals surface area contributed by atoms with E-state index in [0.717, 1.165) is 23.3 Å². The predicted octanol–water partition coefficient (Wildman–Crippen LogP) is 2.48. The fraction of sp³-hybridized carbons (Fsp3) is 0.600. The molecule has 1 N–H and O–H groups in total. The van der Waals surface area contributed by atoms with Gasteiger partial charge in [-0.3, -0.25) is 0 Å². The van der Waals surface area contributed by atoms with Gasteiger partial charge in [0.15, 0.2) is 0 Å². The maximum atomic E-state index is 11.5. The van der Waals surface area contributed by atoms with E-state index in [9.17, 15) is 8.42 Å². The van der Waals surface area contributed by atoms with E-state index in [1.807, 2.05) is 32.2 Å². The smallest absolute Gasteiger partial charge is 0.150 e. The Kier molecular flexibility index (Phi) is 6.49. The number of benzene rings is 1. The van der Waals surface area contributed by atoms with Gasteiger partial charge < -0.3 is 10.1 Å². The van der Waals surface area contributed by atoms with Crippen molar-refractivity contribution in [2.45, 2.75) is 32.7 Å². The van der Waals surface area contributed by atoms with Crippen LogP contribution in [0.5, 0.6) is 5.75 Å². The van der Waals surface area contributed by atoms with Gasteiger partial charge in [-0.15, -0.1) is 0 Å². The van der Waals surface area contributed by atoms with Crippen molar-refractivity contribution in [2.75, 3.05) is 25.7 Å². The van der Waals surface area contributed by atoms with Crippen LogP contribution in [-0.2, 0) is 9.84 Å². The van der Waals surface area contributed by atoms with Crippen LogP contribution in [0.15, 0.2) is 18.2 Å². The number of hydrogen-bond donors (Lipinski definition) is 1. The minimum Gasteiger partial charge on any atom is -0.496 e. The highest BCUT2D eigenvalue weighted by molar-refractivity contribution is 7.91. The van der Waals surface area contributed by atoms with Gasteiger partial charge in [0, 0.05) is 17.4 Å². The molecule has 5 heteroatoms. The van der Waals surface area contributed by atoms with Crippen molar-refractivity contribution in [3.8, 4) is 5.75 Å². The molecule has 0 aromatic heterocycles. The molecule has 0 fully saturated rings. The molecule has 0 amide bonds. The molecule has 1 aromatic rings. The van der Waals surface area contributed by atoms with E-state index < -0.39 is 9.84 Å². The average molecular weight is 299 g/mol. The van der Waals surface area contributed by atoms with E-state index in [1.54, 1.807) is 14.0 Å². The van der Waals surface area contributed by atoms with Gasteiger partial charge in [0.2, 0.25) is 0 Å². The molecule has 1 rings (SSSR count). The van der Waals surface area contributed by atoms with Gasteiger partial charge in [-0.05, 0) is 38.4 Å². The molecular weight excluding hydrogens is 274 g/mol. The lowest BCUT2D eigenvalue weighted by atomic mass is 10.00. The molecule has 20 heavy (non-hydrogen) atoms. The summed E-state index contributed by atoms with van der Waals surface area (Å²) in [5, 5.41) is 3.24. The maximum absolute atomic E-state index is 11.5. The van der Waals surface area contributed by atoms with Crippen molar-refractivity contribution in [1.29, 1.82) is 0 Å². The first kappa shape index (κ1) is 17.0. The molecule has 0 radical (unpaired) electrons. The number of rotatable bonds is 8. The van der Waals surface area contributed by atoms with Crippen molar-refractivity contribution >= 4 is 9.84 Å². The lowest BCUT2D eigenvalue weighted by Gasteiger charge is -2.19. The van der Waals surface area contributed by atoms with Gasteiger partial charge >= 0.3 is 0 Å². The topological polar surface area (TPSA) is 55.4 Å². The average Bonchev–Trinajstić information content (AvgIpc) is 2.44. The summed E-state index contributed by atoms with van der Waals surface area (Å²) < 4.78 is 28.5. The molecule has 0 aliphatic rings. The third-order valence-corrected chi connectivity index (χ3v) is 5.29. The zero-order chi connectivity index (χ0) is 15.2. The molecule has 0 saturated heterocycles. The van der Waals surface area contributed by atoms with Crippen molar-refractivity contribution in [3.63, 3.8) is 0 Å². The standard InChI is InChI=1S/C15H25NO3S/c1-5-20(17,18)10-6-7-14(16-3)13-9-8-12(2)11-15(13)19-4/h8-9,11,14,16H,5-7,10H2,1-4H3. The summed E-state index contributed by atoms with van der Waals surface area (Å²) in [6.07, 6.45) is 1.42. The summed E-state index contributed by atoms with van der Waals surface area (Å²) in [5.41, 5.74) is 2.23. The van der Waals surface area contributed by atoms with Crippen LogP contribution in [0.3, 0.4) is 0 Å². The first-order valence-electron chi connectivity index (χ1n) is 6.95. The molecule has 0 heterocycles. The highest BCUT2D eigenvalue weighted by atomic mass is 32.2. The fourth-order valence-electron chi connectivity index (χ4n) is 2.21. The van der Waals surface area contributed by atoms with Crippen LogP contribution in [0.1, 0.15) is 36.9 Å². The molecule has 114 valence electrons. The SMILES string of the molecule is CCS(=O)(=O)CCCC(NC)c1ccc(C)cc1OC. The van der Waals surface area contributed by atoms with Gasteiger partial charge in [-0.1, -0.05) is 19.1 Å². The molecular formula is C15H25NO3S. The van der Waals surface area contributed by atoms with E-state index in [4.69, 9.17) is 4.74 Å². The zero-order valence-corrected chi connectivity index (χ0v) is 13.6. The Morgan fingerprint density at radius 2 is 2.05 bits per heavy atom. The summed E-state index contributed by atoms with van der Waals surface area (Å²) in [6, 6.07) is 6.20. The number of hydrogen-bond acceptors (Lipinski definition) is 4. The second kappa shape index (κ2) is 7.64. The normalized spacial score (nSPS) is 13.2. The number of methoxy groups -OCH3 is 1. The fourth-order valence-corrected chi connectivity index (χ4v) is 3.11. The second-order valence-electron chi connectivity index (χ2n) is 4.97. The molecule has 0 spiro atoms. The summed E-state index contributed by atoms with van der Waals surface area (Å²) in [4.78, 5) is 0. The van der Waals surface area contributed by atoms with E-state index in [2.05, 4.69) is 5.32 Å². The van der Waals surface area contributed by atoms with E-state index >= 15 is 0 Å². The molecule has 0 saturated carbocycles. The second-order valence-corrected chi connectivity index (χ2v) is 7.44. The first-order chi connectivity index (χ1) is 9.43. The van der Waals surface area contributed by atoms with Crippen molar-refractivity contribution < 1.29 is 13.2 Å². The number of ether oxygens (including phenoxy) is 1. The van der Waals surface area contributed by atoms with Crippen LogP contribution < -0.4 is 10.1 Å². The quantitative estimate of drug-likeness (QED) is 0.801. The minimum atomic E-state index is -2.89. The Labute approximate surface area is 122 Å². The lowest BCUT2D eigenvalue weighted by molar-refractivity contribution is 0.398. The summed E-state index contributed by atoms with van der Waals surface area (Å²) in [6.45, 7) is 3.71. The molecule has 0 aliphatic carbocycles. The van der Waals surface area contributed by atoms with Gasteiger partial charge in [-0.25, -0.2) is 8.42 Å². The van der Waals surface area contributed by atoms with Crippen LogP contribution in [0.4, 0.5) is 0 Å². The van der Waals surface area contributed by atoms with Crippen molar-refractivity contribution in [1.82, 2.24) is 5.32 Å². The third-order valence-electron chi connectivity index (χ3n) is 3.50. The van der Waals surface area contributed by atoms with Gasteiger partial charge in [-0.2, -0.15) is 0 Å². The highest BCUT2D eigenvalue weighted by Crippen LogP contribution is 2.29. The number of nitrogens with one attached hydrogen (secondary N) is 1. The molecule has 0 aliphatic heterocycles. The summed E-state index contributed by atoms with van der Waals surface area (Å²) >= 11 is 0. The van der Waals surface area contributed by atoms with Crippen LogP contribution in [0.25, 0.3) is 0 Å². The van der Waals surface area contributed by atoms with E-state index in [0.29, 0.717) is 6.42 Å². The Morgan fingerprint density at radius 1 is 1.35 bits per heavy atom. The largest absolute Gasteiger partial charge is 0.496 e. The first-order valence-corrected chi connectivity index (χ1v) is 8.78. The summed E-state index contributed by atoms with van der Waals surface area (Å²) in [7, 11) is 0.659. The predicted molar refractivity (Wildman–Crippen MR) is 83.1 cm³/mol. The molecule has 4 nitrogen and oxygen atoms in total. The maximum Gasteiger partial charge on any atom is 0.150 e. The number of sulfone groups is 1. The van der Waals surface area contributed by atoms with Gasteiger partial charge in [0.1, 0.15) is 15.6 Å². The van der Waals surface area contributed by atoms with Crippen LogP contribution >= 0.6 is 0 Å². The van der Waals surface area contributed by atoms with Crippen molar-refractivity contribution in [2.24, 2.45) is 0 Å². The van der Waals surface area contributed by atoms with Crippen LogP contribution in [-0.4, -0.2) is 34.1 Å². The summed E-state index contributed by atoms with van der Waals surface area (Å²) in [5.74, 6) is 1.31.